The third-order valence-electron chi connectivity index (χ3n) is 9.98. The van der Waals surface area contributed by atoms with Crippen molar-refractivity contribution in [1.82, 2.24) is 5.32 Å². The maximum absolute atomic E-state index is 12.7. The first-order valence-corrected chi connectivity index (χ1v) is 17.3. The van der Waals surface area contributed by atoms with E-state index < -0.39 is 98.0 Å². The smallest absolute Gasteiger partial charge is 0.332 e. The number of carbonyl (C=O) groups excluding carboxylic acids is 1. The zero-order valence-electron chi connectivity index (χ0n) is 26.6. The van der Waals surface area contributed by atoms with Crippen LogP contribution in [0.5, 0.6) is 0 Å². The fourth-order valence-electron chi connectivity index (χ4n) is 7.27. The number of aliphatic carboxylic acids is 1. The lowest BCUT2D eigenvalue weighted by Gasteiger charge is -2.47. The molecule has 0 bridgehead atoms. The predicted molar refractivity (Wildman–Crippen MR) is 165 cm³/mol. The summed E-state index contributed by atoms with van der Waals surface area (Å²) in [7, 11) is 0. The molecule has 14 atom stereocenters. The molecular weight excluding hydrogens is 626 g/mol. The number of aliphatic hydroxyl groups is 5. The quantitative estimate of drug-likeness (QED) is 0.118. The van der Waals surface area contributed by atoms with Gasteiger partial charge in [0.15, 0.2) is 12.4 Å². The van der Waals surface area contributed by atoms with Gasteiger partial charge in [-0.1, -0.05) is 45.4 Å². The molecule has 2 aliphatic heterocycles. The van der Waals surface area contributed by atoms with E-state index >= 15 is 0 Å². The first-order chi connectivity index (χ1) is 21.9. The fourth-order valence-corrected chi connectivity index (χ4v) is 7.36. The molecular formula is C31H53NO13S. The molecule has 0 spiro atoms. The lowest BCUT2D eigenvalue weighted by molar-refractivity contribution is -0.306. The van der Waals surface area contributed by atoms with Gasteiger partial charge in [-0.25, -0.2) is 4.79 Å². The number of thiol groups is 1. The minimum atomic E-state index is -1.48. The Bertz CT molecular complexity index is 973. The summed E-state index contributed by atoms with van der Waals surface area (Å²) in [5.74, 6) is -1.76. The van der Waals surface area contributed by atoms with Crippen LogP contribution in [0.2, 0.25) is 0 Å². The molecule has 0 aromatic rings. The van der Waals surface area contributed by atoms with Crippen molar-refractivity contribution >= 4 is 24.5 Å². The number of rotatable bonds is 13. The highest BCUT2D eigenvalue weighted by molar-refractivity contribution is 7.81. The number of aliphatic hydroxyl groups excluding tert-OH is 5. The standard InChI is InChI=1S/C31H53NO13S/c1-15-7-6-10-18(28(15)41-13-21-25(36)27(38)24(35)16(2)42-21)44-31-23(32-22(34)14-46)29(26(37)20(12-33)45-31)43-19(30(39)40)11-17-8-4-3-5-9-17/h15-21,23-29,31,33,35-38,46H,3-14H2,1-2H3,(H,32,34)(H,39,40)/t15?,16?,18-,19+,20+,21+,23?,24-,25?,26+,27+,28-,29?,31-/m1/s1. The number of ether oxygens (including phenoxy) is 5. The number of nitrogens with one attached hydrogen (secondary N) is 1. The van der Waals surface area contributed by atoms with Crippen LogP contribution >= 0.6 is 12.6 Å². The molecule has 15 heteroatoms. The van der Waals surface area contributed by atoms with E-state index in [1.54, 1.807) is 6.92 Å². The van der Waals surface area contributed by atoms with Crippen LogP contribution in [-0.4, -0.2) is 141 Å². The maximum Gasteiger partial charge on any atom is 0.332 e. The van der Waals surface area contributed by atoms with Crippen LogP contribution in [0, 0.1) is 11.8 Å². The van der Waals surface area contributed by atoms with Crippen LogP contribution in [0.25, 0.3) is 0 Å². The lowest BCUT2D eigenvalue weighted by atomic mass is 9.85. The highest BCUT2D eigenvalue weighted by atomic mass is 32.1. The van der Waals surface area contributed by atoms with Crippen molar-refractivity contribution in [3.63, 3.8) is 0 Å². The monoisotopic (exact) mass is 679 g/mol. The normalized spacial score (nSPS) is 41.5. The van der Waals surface area contributed by atoms with Crippen molar-refractivity contribution < 1.29 is 63.9 Å². The van der Waals surface area contributed by atoms with Crippen molar-refractivity contribution in [3.05, 3.63) is 0 Å². The molecule has 46 heavy (non-hydrogen) atoms. The summed E-state index contributed by atoms with van der Waals surface area (Å²) in [6, 6.07) is -1.15. The Hall–Kier alpha value is -1.11. The van der Waals surface area contributed by atoms with E-state index in [2.05, 4.69) is 17.9 Å². The summed E-state index contributed by atoms with van der Waals surface area (Å²) in [5, 5.41) is 65.0. The first-order valence-electron chi connectivity index (χ1n) is 16.6. The van der Waals surface area contributed by atoms with Crippen LogP contribution in [0.1, 0.15) is 71.6 Å². The molecule has 2 saturated carbocycles. The molecule has 2 aliphatic carbocycles. The van der Waals surface area contributed by atoms with Gasteiger partial charge in [0, 0.05) is 0 Å². The van der Waals surface area contributed by atoms with Gasteiger partial charge in [-0.15, -0.1) is 0 Å². The van der Waals surface area contributed by atoms with Gasteiger partial charge in [0.2, 0.25) is 5.91 Å². The van der Waals surface area contributed by atoms with E-state index in [0.29, 0.717) is 6.42 Å². The van der Waals surface area contributed by atoms with E-state index in [1.165, 1.54) is 0 Å². The van der Waals surface area contributed by atoms with Crippen molar-refractivity contribution in [3.8, 4) is 0 Å². The van der Waals surface area contributed by atoms with Crippen LogP contribution in [-0.2, 0) is 33.3 Å². The number of hydrogen-bond acceptors (Lipinski definition) is 13. The predicted octanol–water partition coefficient (Wildman–Crippen LogP) is -0.252. The second kappa shape index (κ2) is 17.5. The molecule has 14 nitrogen and oxygen atoms in total. The second-order valence-corrected chi connectivity index (χ2v) is 13.7. The van der Waals surface area contributed by atoms with Crippen molar-refractivity contribution in [2.75, 3.05) is 19.0 Å². The van der Waals surface area contributed by atoms with E-state index in [9.17, 15) is 40.2 Å². The number of hydrogen-bond donors (Lipinski definition) is 8. The summed E-state index contributed by atoms with van der Waals surface area (Å²) in [6.07, 6.45) is -5.97. The summed E-state index contributed by atoms with van der Waals surface area (Å²) >= 11 is 4.07. The summed E-state index contributed by atoms with van der Waals surface area (Å²) in [6.45, 7) is 2.87. The van der Waals surface area contributed by atoms with Crippen molar-refractivity contribution in [2.45, 2.75) is 151 Å². The van der Waals surface area contributed by atoms with Crippen LogP contribution in [0.4, 0.5) is 0 Å². The lowest BCUT2D eigenvalue weighted by Crippen LogP contribution is -2.67. The molecule has 0 aromatic heterocycles. The average Bonchev–Trinajstić information content (AvgIpc) is 3.04. The van der Waals surface area contributed by atoms with Gasteiger partial charge in [-0.05, 0) is 38.0 Å². The third kappa shape index (κ3) is 9.31. The number of carbonyl (C=O) groups is 2. The minimum Gasteiger partial charge on any atom is -0.479 e. The SMILES string of the molecule is CC1O[C@@H](CO[C@@H]2C(C)CCC[C@H]2O[C@@H]2O[C@@H](CO)[C@H](O)C(O[C@@H](CC3CCCCC3)C(=O)O)C2NC(=O)CS)C(O)[C@@H](O)[C@@H]1O. The third-order valence-corrected chi connectivity index (χ3v) is 10.3. The van der Waals surface area contributed by atoms with Gasteiger partial charge in [-0.2, -0.15) is 12.6 Å². The Balaban J connectivity index is 1.53. The highest BCUT2D eigenvalue weighted by Gasteiger charge is 2.51. The number of carboxylic acid groups (broad SMARTS) is 1. The molecule has 4 aliphatic rings. The first kappa shape index (κ1) is 37.7. The average molecular weight is 680 g/mol. The Morgan fingerprint density at radius 2 is 1.61 bits per heavy atom. The number of carboxylic acids is 1. The van der Waals surface area contributed by atoms with Gasteiger partial charge >= 0.3 is 5.97 Å². The van der Waals surface area contributed by atoms with Crippen molar-refractivity contribution in [2.24, 2.45) is 11.8 Å². The van der Waals surface area contributed by atoms with E-state index in [4.69, 9.17) is 23.7 Å². The highest BCUT2D eigenvalue weighted by Crippen LogP contribution is 2.35. The van der Waals surface area contributed by atoms with Gasteiger partial charge in [0.25, 0.3) is 0 Å². The molecule has 5 unspecified atom stereocenters. The zero-order chi connectivity index (χ0) is 33.5. The molecule has 266 valence electrons. The molecule has 2 heterocycles. The Morgan fingerprint density at radius 1 is 0.891 bits per heavy atom. The molecule has 4 fully saturated rings. The Morgan fingerprint density at radius 3 is 2.26 bits per heavy atom. The molecule has 0 radical (unpaired) electrons. The van der Waals surface area contributed by atoms with Crippen molar-refractivity contribution in [1.29, 1.82) is 0 Å². The Kier molecular flexibility index (Phi) is 14.4. The summed E-state index contributed by atoms with van der Waals surface area (Å²) < 4.78 is 30.5. The van der Waals surface area contributed by atoms with E-state index in [1.807, 2.05) is 6.92 Å². The van der Waals surface area contributed by atoms with Crippen LogP contribution < -0.4 is 5.32 Å². The van der Waals surface area contributed by atoms with E-state index in [0.717, 1.165) is 44.9 Å². The summed E-state index contributed by atoms with van der Waals surface area (Å²) in [4.78, 5) is 25.0. The van der Waals surface area contributed by atoms with Crippen LogP contribution in [0.3, 0.4) is 0 Å². The topological polar surface area (TPSA) is 214 Å². The zero-order valence-corrected chi connectivity index (χ0v) is 27.5. The molecule has 7 N–H and O–H groups in total. The van der Waals surface area contributed by atoms with E-state index in [-0.39, 0.29) is 30.6 Å². The second-order valence-electron chi connectivity index (χ2n) is 13.4. The molecule has 4 rings (SSSR count). The van der Waals surface area contributed by atoms with Gasteiger partial charge in [0.05, 0.1) is 37.3 Å². The van der Waals surface area contributed by atoms with Gasteiger partial charge in [0.1, 0.15) is 48.8 Å². The van der Waals surface area contributed by atoms with Gasteiger partial charge < -0.3 is 59.6 Å². The van der Waals surface area contributed by atoms with Crippen LogP contribution in [0.15, 0.2) is 0 Å². The van der Waals surface area contributed by atoms with Gasteiger partial charge in [-0.3, -0.25) is 4.79 Å². The number of amides is 1. The fraction of sp³-hybridized carbons (Fsp3) is 0.935. The molecule has 2 saturated heterocycles. The Labute approximate surface area is 275 Å². The maximum atomic E-state index is 12.7. The molecule has 1 amide bonds. The molecule has 0 aromatic carbocycles. The summed E-state index contributed by atoms with van der Waals surface area (Å²) in [5.41, 5.74) is 0. The minimum absolute atomic E-state index is 0.0142. The largest absolute Gasteiger partial charge is 0.479 e.